The molecule has 3 N–H and O–H groups in total. The molecule has 0 saturated carbocycles. The van der Waals surface area contributed by atoms with Crippen molar-refractivity contribution in [3.05, 3.63) is 0 Å². The van der Waals surface area contributed by atoms with Crippen LogP contribution in [0.2, 0.25) is 0 Å². The first-order valence-electron chi connectivity index (χ1n) is 3.10. The van der Waals surface area contributed by atoms with Crippen molar-refractivity contribution >= 4 is 12.2 Å². The monoisotopic (exact) mass is 159 g/mol. The van der Waals surface area contributed by atoms with Gasteiger partial charge in [0.25, 0.3) is 5.91 Å². The molecule has 0 saturated heterocycles. The maximum Gasteiger partial charge on any atom is 0.272 e. The van der Waals surface area contributed by atoms with Crippen molar-refractivity contribution in [3.63, 3.8) is 0 Å². The number of aliphatic imine (C=N–C) groups is 1. The van der Waals surface area contributed by atoms with Crippen molar-refractivity contribution in [2.75, 3.05) is 14.1 Å². The highest BCUT2D eigenvalue weighted by atomic mass is 16.3. The van der Waals surface area contributed by atoms with Crippen LogP contribution in [0.25, 0.3) is 0 Å². The minimum atomic E-state index is -1.80. The average molecular weight is 159 g/mol. The fourth-order valence-electron chi connectivity index (χ4n) is 0.292. The molecule has 0 aromatic carbocycles. The zero-order chi connectivity index (χ0) is 9.07. The molecule has 0 aliphatic heterocycles. The van der Waals surface area contributed by atoms with Gasteiger partial charge in [-0.25, -0.2) is 4.99 Å². The Morgan fingerprint density at radius 3 is 2.45 bits per heavy atom. The molecule has 0 aliphatic carbocycles. The van der Waals surface area contributed by atoms with Crippen molar-refractivity contribution in [2.24, 2.45) is 10.7 Å². The van der Waals surface area contributed by atoms with Gasteiger partial charge in [0.15, 0.2) is 0 Å². The summed E-state index contributed by atoms with van der Waals surface area (Å²) in [5.74, 6) is -0.865. The highest BCUT2D eigenvalue weighted by molar-refractivity contribution is 5.83. The smallest absolute Gasteiger partial charge is 0.272 e. The predicted molar refractivity (Wildman–Crippen MR) is 42.0 cm³/mol. The Bertz CT molecular complexity index is 175. The number of nitrogens with zero attached hydrogens (tertiary/aromatic N) is 2. The highest BCUT2D eigenvalue weighted by Crippen LogP contribution is 2.01. The molecule has 0 heterocycles. The van der Waals surface area contributed by atoms with Crippen molar-refractivity contribution in [2.45, 2.75) is 12.6 Å². The second kappa shape index (κ2) is 3.34. The maximum atomic E-state index is 10.5. The van der Waals surface area contributed by atoms with Crippen molar-refractivity contribution < 1.29 is 9.90 Å². The quantitative estimate of drug-likeness (QED) is 0.400. The fourth-order valence-corrected chi connectivity index (χ4v) is 0.292. The van der Waals surface area contributed by atoms with E-state index in [1.807, 2.05) is 0 Å². The molecule has 0 radical (unpaired) electrons. The summed E-state index contributed by atoms with van der Waals surface area (Å²) in [7, 11) is 3.45. The Morgan fingerprint density at radius 1 is 1.73 bits per heavy atom. The number of nitrogens with two attached hydrogens (primary N) is 1. The molecule has 64 valence electrons. The molecule has 0 bridgehead atoms. The van der Waals surface area contributed by atoms with Crippen LogP contribution in [0.1, 0.15) is 6.92 Å². The van der Waals surface area contributed by atoms with E-state index >= 15 is 0 Å². The van der Waals surface area contributed by atoms with Gasteiger partial charge in [-0.1, -0.05) is 0 Å². The number of carbonyl (C=O) groups is 1. The zero-order valence-electron chi connectivity index (χ0n) is 6.90. The minimum absolute atomic E-state index is 0.865. The van der Waals surface area contributed by atoms with Gasteiger partial charge >= 0.3 is 0 Å². The second-order valence-electron chi connectivity index (χ2n) is 2.59. The summed E-state index contributed by atoms with van der Waals surface area (Å²) in [5.41, 5.74) is 3.03. The van der Waals surface area contributed by atoms with E-state index in [0.29, 0.717) is 0 Å². The molecule has 0 fully saturated rings. The minimum Gasteiger partial charge on any atom is -0.369 e. The third kappa shape index (κ3) is 3.57. The molecule has 0 aliphatic rings. The second-order valence-corrected chi connectivity index (χ2v) is 2.59. The van der Waals surface area contributed by atoms with Crippen LogP contribution in [-0.2, 0) is 4.79 Å². The van der Waals surface area contributed by atoms with Crippen LogP contribution in [-0.4, -0.2) is 42.1 Å². The van der Waals surface area contributed by atoms with E-state index in [4.69, 9.17) is 10.8 Å². The molecule has 0 spiro atoms. The first-order valence-corrected chi connectivity index (χ1v) is 3.10. The van der Waals surface area contributed by atoms with Gasteiger partial charge < -0.3 is 15.7 Å². The normalized spacial score (nSPS) is 16.4. The van der Waals surface area contributed by atoms with E-state index in [1.54, 1.807) is 19.0 Å². The van der Waals surface area contributed by atoms with Crippen LogP contribution >= 0.6 is 0 Å². The van der Waals surface area contributed by atoms with E-state index in [0.717, 1.165) is 0 Å². The molecular formula is C6H13N3O2. The van der Waals surface area contributed by atoms with Gasteiger partial charge in [0.2, 0.25) is 5.72 Å². The van der Waals surface area contributed by atoms with E-state index < -0.39 is 11.6 Å². The Balaban J connectivity index is 4.23. The Labute approximate surface area is 65.5 Å². The van der Waals surface area contributed by atoms with Crippen LogP contribution in [0.5, 0.6) is 0 Å². The largest absolute Gasteiger partial charge is 0.369 e. The summed E-state index contributed by atoms with van der Waals surface area (Å²) < 4.78 is 0. The number of amides is 1. The lowest BCUT2D eigenvalue weighted by Gasteiger charge is -2.14. The average Bonchev–Trinajstić information content (AvgIpc) is 1.84. The third-order valence-corrected chi connectivity index (χ3v) is 1.01. The van der Waals surface area contributed by atoms with Crippen LogP contribution in [0.3, 0.4) is 0 Å². The van der Waals surface area contributed by atoms with Gasteiger partial charge in [-0.15, -0.1) is 0 Å². The molecule has 11 heavy (non-hydrogen) atoms. The summed E-state index contributed by atoms with van der Waals surface area (Å²) >= 11 is 0. The van der Waals surface area contributed by atoms with Crippen molar-refractivity contribution in [1.82, 2.24) is 4.90 Å². The lowest BCUT2D eigenvalue weighted by Crippen LogP contribution is -2.39. The lowest BCUT2D eigenvalue weighted by molar-refractivity contribution is -0.133. The van der Waals surface area contributed by atoms with Gasteiger partial charge in [-0.3, -0.25) is 4.79 Å². The summed E-state index contributed by atoms with van der Waals surface area (Å²) in [6.07, 6.45) is 1.32. The molecule has 0 aromatic rings. The summed E-state index contributed by atoms with van der Waals surface area (Å²) in [5, 5.41) is 9.14. The number of hydrogen-bond acceptors (Lipinski definition) is 3. The molecule has 0 rings (SSSR count). The zero-order valence-corrected chi connectivity index (χ0v) is 6.90. The van der Waals surface area contributed by atoms with Gasteiger partial charge in [-0.05, 0) is 6.92 Å². The van der Waals surface area contributed by atoms with Gasteiger partial charge in [0.1, 0.15) is 0 Å². The van der Waals surface area contributed by atoms with Crippen LogP contribution in [0.4, 0.5) is 0 Å². The lowest BCUT2D eigenvalue weighted by atomic mass is 10.3. The first kappa shape index (κ1) is 9.90. The highest BCUT2D eigenvalue weighted by Gasteiger charge is 2.25. The molecule has 1 amide bonds. The number of hydrogen-bond donors (Lipinski definition) is 2. The standard InChI is InChI=1S/C6H13N3O2/c1-6(11,5(7)10)8-4-9(2)3/h4,11H,1-3H3,(H2,7,10)/b8-4+. The summed E-state index contributed by atoms with van der Waals surface area (Å²) in [6.45, 7) is 1.23. The van der Waals surface area contributed by atoms with Crippen molar-refractivity contribution in [1.29, 1.82) is 0 Å². The van der Waals surface area contributed by atoms with E-state index in [1.165, 1.54) is 13.3 Å². The van der Waals surface area contributed by atoms with Gasteiger partial charge in [-0.2, -0.15) is 0 Å². The first-order chi connectivity index (χ1) is 4.86. The molecule has 1 unspecified atom stereocenters. The van der Waals surface area contributed by atoms with Crippen molar-refractivity contribution in [3.8, 4) is 0 Å². The van der Waals surface area contributed by atoms with Gasteiger partial charge in [0.05, 0.1) is 6.34 Å². The number of aliphatic hydroxyl groups is 1. The van der Waals surface area contributed by atoms with E-state index in [-0.39, 0.29) is 0 Å². The van der Waals surface area contributed by atoms with Crippen LogP contribution in [0, 0.1) is 0 Å². The fraction of sp³-hybridized carbons (Fsp3) is 0.667. The molecule has 5 heteroatoms. The Kier molecular flexibility index (Phi) is 3.00. The number of primary amides is 1. The van der Waals surface area contributed by atoms with Crippen LogP contribution in [0.15, 0.2) is 4.99 Å². The molecule has 0 aromatic heterocycles. The molecule has 5 nitrogen and oxygen atoms in total. The van der Waals surface area contributed by atoms with E-state index in [9.17, 15) is 4.79 Å². The summed E-state index contributed by atoms with van der Waals surface area (Å²) in [6, 6.07) is 0. The maximum absolute atomic E-state index is 10.5. The van der Waals surface area contributed by atoms with E-state index in [2.05, 4.69) is 4.99 Å². The SMILES string of the molecule is CN(C)/C=N/C(C)(O)C(N)=O. The summed E-state index contributed by atoms with van der Waals surface area (Å²) in [4.78, 5) is 15.6. The predicted octanol–water partition coefficient (Wildman–Crippen LogP) is -1.23. The number of carbonyl (C=O) groups excluding carboxylic acids is 1. The van der Waals surface area contributed by atoms with Gasteiger partial charge in [0, 0.05) is 14.1 Å². The van der Waals surface area contributed by atoms with Crippen LogP contribution < -0.4 is 5.73 Å². The molecule has 1 atom stereocenters. The topological polar surface area (TPSA) is 78.9 Å². The molecular weight excluding hydrogens is 146 g/mol. The Hall–Kier alpha value is -1.10. The third-order valence-electron chi connectivity index (χ3n) is 1.01. The number of rotatable bonds is 3. The Morgan fingerprint density at radius 2 is 2.18 bits per heavy atom.